The van der Waals surface area contributed by atoms with Crippen molar-refractivity contribution in [1.82, 2.24) is 15.5 Å². The predicted octanol–water partition coefficient (Wildman–Crippen LogP) is 2.70. The number of ether oxygens (including phenoxy) is 3. The Morgan fingerprint density at radius 1 is 1.00 bits per heavy atom. The lowest BCUT2D eigenvalue weighted by atomic mass is 10.0. The van der Waals surface area contributed by atoms with Crippen LogP contribution in [0.4, 0.5) is 0 Å². The highest BCUT2D eigenvalue weighted by atomic mass is 16.5. The number of methoxy groups -OCH3 is 1. The summed E-state index contributed by atoms with van der Waals surface area (Å²) >= 11 is 0. The fourth-order valence-corrected chi connectivity index (χ4v) is 3.60. The zero-order valence-corrected chi connectivity index (χ0v) is 18.7. The van der Waals surface area contributed by atoms with E-state index in [1.807, 2.05) is 49.4 Å². The third-order valence-corrected chi connectivity index (χ3v) is 5.31. The van der Waals surface area contributed by atoms with E-state index in [1.54, 1.807) is 14.2 Å². The van der Waals surface area contributed by atoms with Gasteiger partial charge in [-0.3, -0.25) is 9.89 Å². The van der Waals surface area contributed by atoms with E-state index in [0.29, 0.717) is 6.54 Å². The molecule has 1 aliphatic heterocycles. The molecule has 2 aromatic carbocycles. The minimum absolute atomic E-state index is 0.0116. The fraction of sp³-hybridized carbons (Fsp3) is 0.458. The van der Waals surface area contributed by atoms with Crippen molar-refractivity contribution in [3.8, 4) is 11.5 Å². The van der Waals surface area contributed by atoms with Gasteiger partial charge in [0.1, 0.15) is 17.6 Å². The molecule has 2 atom stereocenters. The monoisotopic (exact) mass is 426 g/mol. The van der Waals surface area contributed by atoms with E-state index in [4.69, 9.17) is 14.2 Å². The van der Waals surface area contributed by atoms with Crippen molar-refractivity contribution in [2.45, 2.75) is 19.1 Å². The number of morpholine rings is 1. The van der Waals surface area contributed by atoms with Crippen LogP contribution in [-0.4, -0.2) is 70.5 Å². The van der Waals surface area contributed by atoms with E-state index < -0.39 is 0 Å². The molecule has 1 saturated heterocycles. The Morgan fingerprint density at radius 2 is 1.68 bits per heavy atom. The maximum absolute atomic E-state index is 5.94. The lowest BCUT2D eigenvalue weighted by molar-refractivity contribution is 0.0170. The van der Waals surface area contributed by atoms with Crippen molar-refractivity contribution in [2.24, 2.45) is 4.99 Å². The summed E-state index contributed by atoms with van der Waals surface area (Å²) in [6.07, 6.45) is 0.0116. The third-order valence-electron chi connectivity index (χ3n) is 5.31. The molecule has 2 aromatic rings. The third kappa shape index (κ3) is 7.15. The summed E-state index contributed by atoms with van der Waals surface area (Å²) in [4.78, 5) is 6.83. The van der Waals surface area contributed by atoms with Crippen molar-refractivity contribution in [3.05, 3.63) is 60.2 Å². The van der Waals surface area contributed by atoms with Crippen LogP contribution in [0.1, 0.15) is 18.5 Å². The summed E-state index contributed by atoms with van der Waals surface area (Å²) in [5.41, 5.74) is 1.24. The van der Waals surface area contributed by atoms with Crippen molar-refractivity contribution >= 4 is 5.96 Å². The number of nitrogens with one attached hydrogen (secondary N) is 2. The first-order valence-electron chi connectivity index (χ1n) is 10.8. The van der Waals surface area contributed by atoms with Gasteiger partial charge < -0.3 is 24.8 Å². The van der Waals surface area contributed by atoms with Gasteiger partial charge in [-0.1, -0.05) is 30.3 Å². The molecule has 1 aliphatic rings. The van der Waals surface area contributed by atoms with E-state index in [0.717, 1.165) is 50.3 Å². The molecule has 2 N–H and O–H groups in total. The molecule has 7 nitrogen and oxygen atoms in total. The number of rotatable bonds is 9. The van der Waals surface area contributed by atoms with Gasteiger partial charge in [0.15, 0.2) is 5.96 Å². The zero-order chi connectivity index (χ0) is 21.9. The van der Waals surface area contributed by atoms with Crippen LogP contribution in [0.2, 0.25) is 0 Å². The van der Waals surface area contributed by atoms with Crippen LogP contribution < -0.4 is 20.1 Å². The minimum Gasteiger partial charge on any atom is -0.497 e. The van der Waals surface area contributed by atoms with Gasteiger partial charge in [-0.2, -0.15) is 0 Å². The number of para-hydroxylation sites is 1. The molecule has 7 heteroatoms. The Hall–Kier alpha value is -2.77. The Bertz CT molecular complexity index is 792. The highest BCUT2D eigenvalue weighted by Crippen LogP contribution is 2.23. The molecule has 0 amide bonds. The Kier molecular flexibility index (Phi) is 8.99. The van der Waals surface area contributed by atoms with Crippen LogP contribution in [0.3, 0.4) is 0 Å². The number of hydrogen-bond donors (Lipinski definition) is 2. The minimum atomic E-state index is 0.0116. The number of nitrogens with zero attached hydrogens (tertiary/aromatic N) is 2. The average Bonchev–Trinajstić information content (AvgIpc) is 2.83. The molecular formula is C24H34N4O3. The molecule has 3 rings (SSSR count). The fourth-order valence-electron chi connectivity index (χ4n) is 3.60. The highest BCUT2D eigenvalue weighted by molar-refractivity contribution is 5.79. The van der Waals surface area contributed by atoms with Crippen molar-refractivity contribution in [1.29, 1.82) is 0 Å². The lowest BCUT2D eigenvalue weighted by Gasteiger charge is -2.35. The van der Waals surface area contributed by atoms with E-state index in [1.165, 1.54) is 5.56 Å². The molecule has 1 heterocycles. The molecule has 168 valence electrons. The SMILES string of the molecule is CN=C(NCC(C)Oc1ccccc1)NCC(c1ccc(OC)cc1)N1CCOCC1. The molecule has 0 radical (unpaired) electrons. The Morgan fingerprint density at radius 3 is 2.32 bits per heavy atom. The maximum Gasteiger partial charge on any atom is 0.191 e. The average molecular weight is 427 g/mol. The van der Waals surface area contributed by atoms with Crippen LogP contribution >= 0.6 is 0 Å². The van der Waals surface area contributed by atoms with Crippen molar-refractivity contribution in [2.75, 3.05) is 53.6 Å². The van der Waals surface area contributed by atoms with Gasteiger partial charge in [0.05, 0.1) is 32.9 Å². The maximum atomic E-state index is 5.94. The Balaban J connectivity index is 1.56. The lowest BCUT2D eigenvalue weighted by Crippen LogP contribution is -2.47. The van der Waals surface area contributed by atoms with Crippen LogP contribution in [-0.2, 0) is 4.74 Å². The molecule has 0 aliphatic carbocycles. The van der Waals surface area contributed by atoms with E-state index in [9.17, 15) is 0 Å². The number of benzene rings is 2. The van der Waals surface area contributed by atoms with Gasteiger partial charge in [-0.05, 0) is 36.8 Å². The second kappa shape index (κ2) is 12.2. The summed E-state index contributed by atoms with van der Waals surface area (Å²) in [7, 11) is 3.48. The van der Waals surface area contributed by atoms with Crippen molar-refractivity contribution in [3.63, 3.8) is 0 Å². The number of hydrogen-bond acceptors (Lipinski definition) is 5. The number of guanidine groups is 1. The molecular weight excluding hydrogens is 392 g/mol. The molecule has 2 unspecified atom stereocenters. The van der Waals surface area contributed by atoms with Crippen LogP contribution in [0, 0.1) is 0 Å². The van der Waals surface area contributed by atoms with E-state index in [2.05, 4.69) is 32.7 Å². The summed E-state index contributed by atoms with van der Waals surface area (Å²) in [6.45, 7) is 6.76. The topological polar surface area (TPSA) is 67.4 Å². The molecule has 31 heavy (non-hydrogen) atoms. The molecule has 1 fully saturated rings. The number of aliphatic imine (C=N–C) groups is 1. The largest absolute Gasteiger partial charge is 0.497 e. The van der Waals surface area contributed by atoms with Gasteiger partial charge in [-0.15, -0.1) is 0 Å². The zero-order valence-electron chi connectivity index (χ0n) is 18.7. The molecule has 0 spiro atoms. The van der Waals surface area contributed by atoms with Crippen molar-refractivity contribution < 1.29 is 14.2 Å². The van der Waals surface area contributed by atoms with Crippen LogP contribution in [0.5, 0.6) is 11.5 Å². The van der Waals surface area contributed by atoms with Crippen LogP contribution in [0.15, 0.2) is 59.6 Å². The molecule has 0 bridgehead atoms. The van der Waals surface area contributed by atoms with Gasteiger partial charge in [-0.25, -0.2) is 0 Å². The predicted molar refractivity (Wildman–Crippen MR) is 124 cm³/mol. The second-order valence-corrected chi connectivity index (χ2v) is 7.51. The molecule has 0 aromatic heterocycles. The summed E-state index contributed by atoms with van der Waals surface area (Å²) in [5, 5.41) is 6.85. The summed E-state index contributed by atoms with van der Waals surface area (Å²) in [5.74, 6) is 2.49. The smallest absolute Gasteiger partial charge is 0.191 e. The summed E-state index contributed by atoms with van der Waals surface area (Å²) in [6, 6.07) is 18.4. The normalized spacial score (nSPS) is 16.9. The first-order chi connectivity index (χ1) is 15.2. The van der Waals surface area contributed by atoms with Gasteiger partial charge in [0.25, 0.3) is 0 Å². The second-order valence-electron chi connectivity index (χ2n) is 7.51. The first-order valence-corrected chi connectivity index (χ1v) is 10.8. The van der Waals surface area contributed by atoms with E-state index >= 15 is 0 Å². The molecule has 0 saturated carbocycles. The van der Waals surface area contributed by atoms with Crippen LogP contribution in [0.25, 0.3) is 0 Å². The van der Waals surface area contributed by atoms with Gasteiger partial charge in [0, 0.05) is 26.7 Å². The quantitative estimate of drug-likeness (QED) is 0.475. The first kappa shape index (κ1) is 22.9. The van der Waals surface area contributed by atoms with Gasteiger partial charge in [0.2, 0.25) is 0 Å². The standard InChI is InChI=1S/C24H34N4O3/c1-19(31-22-7-5-4-6-8-22)17-26-24(25-2)27-18-23(28-13-15-30-16-14-28)20-9-11-21(29-3)12-10-20/h4-12,19,23H,13-18H2,1-3H3,(H2,25,26,27). The Labute approximate surface area is 185 Å². The highest BCUT2D eigenvalue weighted by Gasteiger charge is 2.23. The van der Waals surface area contributed by atoms with E-state index in [-0.39, 0.29) is 12.1 Å². The summed E-state index contributed by atoms with van der Waals surface area (Å²) < 4.78 is 16.8. The van der Waals surface area contributed by atoms with Gasteiger partial charge >= 0.3 is 0 Å².